The number of carbonyl (C=O) groups excluding carboxylic acids is 1. The SMILES string of the molecule is O=C1NCCN1CCNc1ncc(Br)c(-c2nc3ccccc3s2)n1. The number of anilines is 1. The van der Waals surface area contributed by atoms with Crippen molar-refractivity contribution in [2.45, 2.75) is 0 Å². The summed E-state index contributed by atoms with van der Waals surface area (Å²) in [5.74, 6) is 0.525. The van der Waals surface area contributed by atoms with Crippen molar-refractivity contribution >= 4 is 49.5 Å². The third kappa shape index (κ3) is 3.42. The maximum atomic E-state index is 11.5. The monoisotopic (exact) mass is 418 g/mol. The highest BCUT2D eigenvalue weighted by molar-refractivity contribution is 9.10. The number of nitrogens with zero attached hydrogens (tertiary/aromatic N) is 4. The van der Waals surface area contributed by atoms with Gasteiger partial charge in [0.1, 0.15) is 10.7 Å². The first-order valence-electron chi connectivity index (χ1n) is 7.86. The summed E-state index contributed by atoms with van der Waals surface area (Å²) >= 11 is 5.10. The molecule has 1 aliphatic rings. The lowest BCUT2D eigenvalue weighted by atomic mass is 10.3. The molecule has 1 saturated heterocycles. The Bertz CT molecular complexity index is 897. The average molecular weight is 419 g/mol. The minimum Gasteiger partial charge on any atom is -0.352 e. The number of nitrogens with one attached hydrogen (secondary N) is 2. The number of amides is 2. The third-order valence-corrected chi connectivity index (χ3v) is 5.47. The Balaban J connectivity index is 1.51. The maximum Gasteiger partial charge on any atom is 0.317 e. The highest BCUT2D eigenvalue weighted by Crippen LogP contribution is 2.33. The summed E-state index contributed by atoms with van der Waals surface area (Å²) in [5, 5.41) is 6.80. The maximum absolute atomic E-state index is 11.5. The average Bonchev–Trinajstić information content (AvgIpc) is 3.22. The number of thiazole rings is 1. The smallest absolute Gasteiger partial charge is 0.317 e. The van der Waals surface area contributed by atoms with E-state index in [0.29, 0.717) is 25.6 Å². The van der Waals surface area contributed by atoms with E-state index < -0.39 is 0 Å². The molecule has 4 rings (SSSR count). The summed E-state index contributed by atoms with van der Waals surface area (Å²) in [4.78, 5) is 26.8. The number of aromatic nitrogens is 3. The van der Waals surface area contributed by atoms with Gasteiger partial charge in [0, 0.05) is 32.4 Å². The van der Waals surface area contributed by atoms with Gasteiger partial charge in [0.15, 0.2) is 0 Å². The highest BCUT2D eigenvalue weighted by Gasteiger charge is 2.18. The summed E-state index contributed by atoms with van der Waals surface area (Å²) in [7, 11) is 0. The van der Waals surface area contributed by atoms with Gasteiger partial charge in [0.05, 0.1) is 14.7 Å². The van der Waals surface area contributed by atoms with E-state index >= 15 is 0 Å². The fraction of sp³-hybridized carbons (Fsp3) is 0.250. The lowest BCUT2D eigenvalue weighted by Gasteiger charge is -2.14. The molecule has 0 aliphatic carbocycles. The van der Waals surface area contributed by atoms with Crippen LogP contribution in [-0.2, 0) is 0 Å². The van der Waals surface area contributed by atoms with Crippen LogP contribution in [-0.4, -0.2) is 52.1 Å². The van der Waals surface area contributed by atoms with Crippen molar-refractivity contribution in [3.8, 4) is 10.7 Å². The third-order valence-electron chi connectivity index (χ3n) is 3.85. The molecule has 9 heteroatoms. The normalized spacial score (nSPS) is 14.1. The molecule has 2 aromatic heterocycles. The number of fused-ring (bicyclic) bond motifs is 1. The van der Waals surface area contributed by atoms with Crippen LogP contribution in [0.4, 0.5) is 10.7 Å². The van der Waals surface area contributed by atoms with E-state index in [-0.39, 0.29) is 6.03 Å². The van der Waals surface area contributed by atoms with E-state index in [0.717, 1.165) is 31.9 Å². The lowest BCUT2D eigenvalue weighted by Crippen LogP contribution is -2.32. The second kappa shape index (κ2) is 6.93. The molecule has 2 amide bonds. The number of hydrogen-bond donors (Lipinski definition) is 2. The number of para-hydroxylation sites is 1. The van der Waals surface area contributed by atoms with Crippen LogP contribution in [0.2, 0.25) is 0 Å². The molecule has 0 bridgehead atoms. The van der Waals surface area contributed by atoms with Crippen LogP contribution in [0.15, 0.2) is 34.9 Å². The van der Waals surface area contributed by atoms with E-state index in [2.05, 4.69) is 41.5 Å². The van der Waals surface area contributed by atoms with Gasteiger partial charge >= 0.3 is 6.03 Å². The molecular formula is C16H15BrN6OS. The summed E-state index contributed by atoms with van der Waals surface area (Å²) in [6, 6.07) is 7.99. The van der Waals surface area contributed by atoms with Crippen LogP contribution in [0.25, 0.3) is 20.9 Å². The predicted molar refractivity (Wildman–Crippen MR) is 102 cm³/mol. The van der Waals surface area contributed by atoms with Crippen molar-refractivity contribution in [3.63, 3.8) is 0 Å². The number of hydrogen-bond acceptors (Lipinski definition) is 6. The first-order valence-corrected chi connectivity index (χ1v) is 9.47. The van der Waals surface area contributed by atoms with Crippen LogP contribution >= 0.6 is 27.3 Å². The van der Waals surface area contributed by atoms with Gasteiger partial charge in [-0.3, -0.25) is 0 Å². The minimum absolute atomic E-state index is 0.0197. The lowest BCUT2D eigenvalue weighted by molar-refractivity contribution is 0.219. The quantitative estimate of drug-likeness (QED) is 0.665. The Morgan fingerprint density at radius 3 is 3.00 bits per heavy atom. The van der Waals surface area contributed by atoms with Crippen LogP contribution in [0.3, 0.4) is 0 Å². The van der Waals surface area contributed by atoms with Gasteiger partial charge in [0.2, 0.25) is 5.95 Å². The molecule has 7 nitrogen and oxygen atoms in total. The van der Waals surface area contributed by atoms with Crippen LogP contribution in [0.5, 0.6) is 0 Å². The summed E-state index contributed by atoms with van der Waals surface area (Å²) in [5.41, 5.74) is 1.72. The van der Waals surface area contributed by atoms with Crippen molar-refractivity contribution in [2.24, 2.45) is 0 Å². The summed E-state index contributed by atoms with van der Waals surface area (Å²) in [6.45, 7) is 2.64. The molecule has 3 aromatic rings. The van der Waals surface area contributed by atoms with E-state index in [1.54, 1.807) is 22.4 Å². The largest absolute Gasteiger partial charge is 0.352 e. The fourth-order valence-corrected chi connectivity index (χ4v) is 4.08. The van der Waals surface area contributed by atoms with Crippen LogP contribution < -0.4 is 10.6 Å². The molecule has 1 fully saturated rings. The number of halogens is 1. The molecular weight excluding hydrogens is 404 g/mol. The second-order valence-electron chi connectivity index (χ2n) is 5.52. The van der Waals surface area contributed by atoms with Gasteiger partial charge in [-0.05, 0) is 28.1 Å². The minimum atomic E-state index is -0.0197. The van der Waals surface area contributed by atoms with Gasteiger partial charge in [-0.15, -0.1) is 11.3 Å². The number of carbonyl (C=O) groups is 1. The number of rotatable bonds is 5. The van der Waals surface area contributed by atoms with Gasteiger partial charge < -0.3 is 15.5 Å². The van der Waals surface area contributed by atoms with Crippen molar-refractivity contribution in [3.05, 3.63) is 34.9 Å². The van der Waals surface area contributed by atoms with Crippen molar-refractivity contribution < 1.29 is 4.79 Å². The van der Waals surface area contributed by atoms with Crippen molar-refractivity contribution in [1.29, 1.82) is 0 Å². The Hall–Kier alpha value is -2.26. The molecule has 0 unspecified atom stereocenters. The molecule has 3 heterocycles. The predicted octanol–water partition coefficient (Wildman–Crippen LogP) is 2.95. The first-order chi connectivity index (χ1) is 12.2. The summed E-state index contributed by atoms with van der Waals surface area (Å²) < 4.78 is 1.92. The molecule has 0 radical (unpaired) electrons. The Labute approximate surface area is 156 Å². The van der Waals surface area contributed by atoms with Gasteiger partial charge in [-0.1, -0.05) is 12.1 Å². The van der Waals surface area contributed by atoms with E-state index in [1.165, 1.54) is 0 Å². The zero-order valence-corrected chi connectivity index (χ0v) is 15.6. The zero-order valence-electron chi connectivity index (χ0n) is 13.2. The number of benzene rings is 1. The topological polar surface area (TPSA) is 83.0 Å². The summed E-state index contributed by atoms with van der Waals surface area (Å²) in [6.07, 6.45) is 1.72. The molecule has 0 saturated carbocycles. The fourth-order valence-electron chi connectivity index (χ4n) is 2.60. The standard InChI is InChI=1S/C16H15BrN6OS/c17-10-9-20-15(18-5-7-23-8-6-19-16(23)24)22-13(10)14-21-11-3-1-2-4-12(11)25-14/h1-4,9H,5-8H2,(H,19,24)(H,18,20,22). The van der Waals surface area contributed by atoms with E-state index in [9.17, 15) is 4.79 Å². The first kappa shape index (κ1) is 16.2. The van der Waals surface area contributed by atoms with E-state index in [1.807, 2.05) is 24.3 Å². The van der Waals surface area contributed by atoms with Gasteiger partial charge in [-0.2, -0.15) is 0 Å². The van der Waals surface area contributed by atoms with Crippen LogP contribution in [0, 0.1) is 0 Å². The van der Waals surface area contributed by atoms with Crippen molar-refractivity contribution in [2.75, 3.05) is 31.5 Å². The number of urea groups is 1. The molecule has 1 aliphatic heterocycles. The Morgan fingerprint density at radius 1 is 1.32 bits per heavy atom. The van der Waals surface area contributed by atoms with Gasteiger partial charge in [0.25, 0.3) is 0 Å². The zero-order chi connectivity index (χ0) is 17.2. The van der Waals surface area contributed by atoms with Crippen molar-refractivity contribution in [1.82, 2.24) is 25.2 Å². The van der Waals surface area contributed by atoms with Gasteiger partial charge in [-0.25, -0.2) is 19.7 Å². The molecule has 128 valence electrons. The Kier molecular flexibility index (Phi) is 4.50. The highest BCUT2D eigenvalue weighted by atomic mass is 79.9. The van der Waals surface area contributed by atoms with E-state index in [4.69, 9.17) is 0 Å². The Morgan fingerprint density at radius 2 is 2.20 bits per heavy atom. The molecule has 1 aromatic carbocycles. The molecule has 0 atom stereocenters. The molecule has 0 spiro atoms. The molecule has 2 N–H and O–H groups in total. The molecule has 25 heavy (non-hydrogen) atoms. The van der Waals surface area contributed by atoms with Crippen LogP contribution in [0.1, 0.15) is 0 Å². The second-order valence-corrected chi connectivity index (χ2v) is 7.41.